The van der Waals surface area contributed by atoms with Crippen molar-refractivity contribution in [3.05, 3.63) is 39.6 Å². The van der Waals surface area contributed by atoms with Crippen LogP contribution < -0.4 is 0 Å². The third-order valence-electron chi connectivity index (χ3n) is 2.06. The molecule has 2 rings (SSSR count). The summed E-state index contributed by atoms with van der Waals surface area (Å²) in [6.07, 6.45) is 6.14. The summed E-state index contributed by atoms with van der Waals surface area (Å²) in [6, 6.07) is 3.45. The van der Waals surface area contributed by atoms with Crippen LogP contribution in [0.4, 0.5) is 4.39 Å². The van der Waals surface area contributed by atoms with E-state index in [0.29, 0.717) is 4.47 Å². The highest BCUT2D eigenvalue weighted by Gasteiger charge is 2.08. The van der Waals surface area contributed by atoms with Crippen LogP contribution in [0.5, 0.6) is 0 Å². The van der Waals surface area contributed by atoms with Gasteiger partial charge in [-0.1, -0.05) is 12.2 Å². The van der Waals surface area contributed by atoms with Gasteiger partial charge in [0.05, 0.1) is 4.47 Å². The Morgan fingerprint density at radius 2 is 2.17 bits per heavy atom. The average Bonchev–Trinajstić information content (AvgIpc) is 2.07. The molecule has 0 nitrogen and oxygen atoms in total. The summed E-state index contributed by atoms with van der Waals surface area (Å²) >= 11 is 3.17. The molecular formula is C10H8BrF. The van der Waals surface area contributed by atoms with Gasteiger partial charge in [-0.2, -0.15) is 0 Å². The molecule has 0 unspecified atom stereocenters. The molecule has 0 N–H and O–H groups in total. The van der Waals surface area contributed by atoms with Crippen LogP contribution in [0.3, 0.4) is 0 Å². The zero-order valence-corrected chi connectivity index (χ0v) is 8.07. The van der Waals surface area contributed by atoms with Gasteiger partial charge in [-0.15, -0.1) is 0 Å². The van der Waals surface area contributed by atoms with E-state index < -0.39 is 0 Å². The van der Waals surface area contributed by atoms with Crippen LogP contribution in [-0.2, 0) is 6.42 Å². The minimum absolute atomic E-state index is 0.163. The number of rotatable bonds is 0. The number of halogens is 2. The molecule has 1 aromatic carbocycles. The van der Waals surface area contributed by atoms with Crippen molar-refractivity contribution in [1.29, 1.82) is 0 Å². The van der Waals surface area contributed by atoms with Crippen molar-refractivity contribution in [3.63, 3.8) is 0 Å². The molecular weight excluding hydrogens is 219 g/mol. The van der Waals surface area contributed by atoms with Crippen molar-refractivity contribution >= 4 is 22.0 Å². The van der Waals surface area contributed by atoms with Gasteiger partial charge in [0.2, 0.25) is 0 Å². The SMILES string of the molecule is Fc1cc2c(cc1Br)C=CCC2. The second kappa shape index (κ2) is 3.02. The van der Waals surface area contributed by atoms with E-state index >= 15 is 0 Å². The van der Waals surface area contributed by atoms with E-state index in [2.05, 4.69) is 22.0 Å². The molecule has 12 heavy (non-hydrogen) atoms. The van der Waals surface area contributed by atoms with Crippen LogP contribution in [0.25, 0.3) is 6.08 Å². The molecule has 0 heterocycles. The molecule has 0 radical (unpaired) electrons. The molecule has 0 saturated carbocycles. The number of fused-ring (bicyclic) bond motifs is 1. The Balaban J connectivity index is 2.58. The van der Waals surface area contributed by atoms with Crippen molar-refractivity contribution in [2.24, 2.45) is 0 Å². The number of hydrogen-bond donors (Lipinski definition) is 0. The summed E-state index contributed by atoms with van der Waals surface area (Å²) in [7, 11) is 0. The summed E-state index contributed by atoms with van der Waals surface area (Å²) in [4.78, 5) is 0. The molecule has 62 valence electrons. The smallest absolute Gasteiger partial charge is 0.137 e. The summed E-state index contributed by atoms with van der Waals surface area (Å²) < 4.78 is 13.6. The molecule has 0 spiro atoms. The van der Waals surface area contributed by atoms with Crippen molar-refractivity contribution in [3.8, 4) is 0 Å². The second-order valence-electron chi connectivity index (χ2n) is 2.91. The van der Waals surface area contributed by atoms with Gasteiger partial charge < -0.3 is 0 Å². The summed E-state index contributed by atoms with van der Waals surface area (Å²) in [5.74, 6) is -0.163. The van der Waals surface area contributed by atoms with Crippen LogP contribution in [0.1, 0.15) is 17.5 Å². The Kier molecular flexibility index (Phi) is 2.01. The topological polar surface area (TPSA) is 0 Å². The first kappa shape index (κ1) is 7.99. The molecule has 0 bridgehead atoms. The predicted octanol–water partition coefficient (Wildman–Crippen LogP) is 3.55. The number of hydrogen-bond acceptors (Lipinski definition) is 0. The highest BCUT2D eigenvalue weighted by molar-refractivity contribution is 9.10. The fraction of sp³-hybridized carbons (Fsp3) is 0.200. The van der Waals surface area contributed by atoms with E-state index in [0.717, 1.165) is 24.0 Å². The maximum Gasteiger partial charge on any atom is 0.137 e. The summed E-state index contributed by atoms with van der Waals surface area (Å²) in [5.41, 5.74) is 2.24. The highest BCUT2D eigenvalue weighted by atomic mass is 79.9. The Morgan fingerprint density at radius 3 is 3.00 bits per heavy atom. The first-order valence-electron chi connectivity index (χ1n) is 3.92. The predicted molar refractivity (Wildman–Crippen MR) is 51.5 cm³/mol. The van der Waals surface area contributed by atoms with Gasteiger partial charge in [0, 0.05) is 0 Å². The standard InChI is InChI=1S/C10H8BrF/c11-9-5-7-3-1-2-4-8(7)6-10(9)12/h1,3,5-6H,2,4H2. The minimum atomic E-state index is -0.163. The number of allylic oxidation sites excluding steroid dienone is 1. The maximum atomic E-state index is 13.0. The summed E-state index contributed by atoms with van der Waals surface area (Å²) in [5, 5.41) is 0. The van der Waals surface area contributed by atoms with E-state index in [1.54, 1.807) is 6.07 Å². The van der Waals surface area contributed by atoms with E-state index in [1.807, 2.05) is 12.1 Å². The van der Waals surface area contributed by atoms with Crippen LogP contribution >= 0.6 is 15.9 Å². The van der Waals surface area contributed by atoms with Gasteiger partial charge in [0.1, 0.15) is 5.82 Å². The monoisotopic (exact) mass is 226 g/mol. The van der Waals surface area contributed by atoms with Crippen LogP contribution in [0.15, 0.2) is 22.7 Å². The van der Waals surface area contributed by atoms with Gasteiger partial charge >= 0.3 is 0 Å². The largest absolute Gasteiger partial charge is 0.206 e. The number of aryl methyl sites for hydroxylation is 1. The molecule has 1 aliphatic rings. The van der Waals surface area contributed by atoms with Crippen LogP contribution in [0, 0.1) is 5.82 Å². The van der Waals surface area contributed by atoms with E-state index in [4.69, 9.17) is 0 Å². The van der Waals surface area contributed by atoms with E-state index in [9.17, 15) is 4.39 Å². The normalized spacial score (nSPS) is 14.5. The molecule has 0 amide bonds. The van der Waals surface area contributed by atoms with Gasteiger partial charge in [-0.3, -0.25) is 0 Å². The lowest BCUT2D eigenvalue weighted by Gasteiger charge is -2.10. The quantitative estimate of drug-likeness (QED) is 0.635. The molecule has 1 aromatic rings. The average molecular weight is 227 g/mol. The first-order valence-corrected chi connectivity index (χ1v) is 4.71. The lowest BCUT2D eigenvalue weighted by atomic mass is 9.98. The van der Waals surface area contributed by atoms with Crippen LogP contribution in [-0.4, -0.2) is 0 Å². The Morgan fingerprint density at radius 1 is 1.33 bits per heavy atom. The van der Waals surface area contributed by atoms with Gasteiger partial charge in [-0.25, -0.2) is 4.39 Å². The third kappa shape index (κ3) is 1.31. The zero-order chi connectivity index (χ0) is 8.55. The van der Waals surface area contributed by atoms with Gasteiger partial charge in [0.25, 0.3) is 0 Å². The van der Waals surface area contributed by atoms with E-state index in [-0.39, 0.29) is 5.82 Å². The third-order valence-corrected chi connectivity index (χ3v) is 2.67. The molecule has 0 fully saturated rings. The van der Waals surface area contributed by atoms with Gasteiger partial charge in [0.15, 0.2) is 0 Å². The highest BCUT2D eigenvalue weighted by Crippen LogP contribution is 2.25. The van der Waals surface area contributed by atoms with Crippen molar-refractivity contribution < 1.29 is 4.39 Å². The Bertz CT molecular complexity index is 342. The van der Waals surface area contributed by atoms with Crippen molar-refractivity contribution in [2.45, 2.75) is 12.8 Å². The van der Waals surface area contributed by atoms with E-state index in [1.165, 1.54) is 0 Å². The maximum absolute atomic E-state index is 13.0. The van der Waals surface area contributed by atoms with Crippen LogP contribution in [0.2, 0.25) is 0 Å². The molecule has 0 saturated heterocycles. The second-order valence-corrected chi connectivity index (χ2v) is 3.76. The zero-order valence-electron chi connectivity index (χ0n) is 6.48. The fourth-order valence-corrected chi connectivity index (χ4v) is 1.79. The fourth-order valence-electron chi connectivity index (χ4n) is 1.42. The lowest BCUT2D eigenvalue weighted by molar-refractivity contribution is 0.618. The minimum Gasteiger partial charge on any atom is -0.206 e. The number of benzene rings is 1. The molecule has 0 aliphatic heterocycles. The Hall–Kier alpha value is -0.630. The lowest BCUT2D eigenvalue weighted by Crippen LogP contribution is -1.95. The molecule has 0 atom stereocenters. The molecule has 2 heteroatoms. The van der Waals surface area contributed by atoms with Crippen molar-refractivity contribution in [2.75, 3.05) is 0 Å². The van der Waals surface area contributed by atoms with Crippen molar-refractivity contribution in [1.82, 2.24) is 0 Å². The molecule has 1 aliphatic carbocycles. The summed E-state index contributed by atoms with van der Waals surface area (Å²) in [6.45, 7) is 0. The van der Waals surface area contributed by atoms with Gasteiger partial charge in [-0.05, 0) is 52.0 Å². The Labute approximate surface area is 79.2 Å². The molecule has 0 aromatic heterocycles. The first-order chi connectivity index (χ1) is 5.77.